The Hall–Kier alpha value is -1.22. The summed E-state index contributed by atoms with van der Waals surface area (Å²) in [7, 11) is 0. The van der Waals surface area contributed by atoms with E-state index in [1.807, 2.05) is 18.2 Å². The first kappa shape index (κ1) is 12.2. The average Bonchev–Trinajstić information content (AvgIpc) is 2.30. The maximum absolute atomic E-state index is 5.99. The molecule has 0 unspecified atom stereocenters. The second-order valence-corrected chi connectivity index (χ2v) is 4.93. The van der Waals surface area contributed by atoms with Gasteiger partial charge in [0.15, 0.2) is 0 Å². The van der Waals surface area contributed by atoms with Crippen LogP contribution >= 0.6 is 0 Å². The Morgan fingerprint density at radius 2 is 1.88 bits per heavy atom. The summed E-state index contributed by atoms with van der Waals surface area (Å²) < 4.78 is 5.85. The maximum atomic E-state index is 5.99. The first-order valence-electron chi connectivity index (χ1n) is 6.41. The first-order valence-corrected chi connectivity index (χ1v) is 6.41. The molecule has 17 heavy (non-hydrogen) atoms. The number of hydrogen-bond acceptors (Lipinski definition) is 3. The van der Waals surface area contributed by atoms with Crippen LogP contribution in [0, 0.1) is 0 Å². The monoisotopic (exact) mass is 234 g/mol. The van der Waals surface area contributed by atoms with Crippen molar-refractivity contribution in [3.05, 3.63) is 24.3 Å². The van der Waals surface area contributed by atoms with Crippen LogP contribution in [-0.4, -0.2) is 25.3 Å². The van der Waals surface area contributed by atoms with Gasteiger partial charge < -0.3 is 15.4 Å². The fourth-order valence-electron chi connectivity index (χ4n) is 2.39. The summed E-state index contributed by atoms with van der Waals surface area (Å²) in [4.78, 5) is 2.36. The summed E-state index contributed by atoms with van der Waals surface area (Å²) in [5.74, 6) is 0. The Bertz CT molecular complexity index is 357. The molecule has 1 aromatic carbocycles. The molecule has 1 fully saturated rings. The van der Waals surface area contributed by atoms with Crippen LogP contribution in [-0.2, 0) is 4.74 Å². The second-order valence-electron chi connectivity index (χ2n) is 4.93. The van der Waals surface area contributed by atoms with Gasteiger partial charge in [-0.05, 0) is 38.8 Å². The molecule has 3 nitrogen and oxygen atoms in total. The number of nitrogens with zero attached hydrogens (tertiary/aromatic N) is 1. The molecule has 0 bridgehead atoms. The van der Waals surface area contributed by atoms with Crippen molar-refractivity contribution in [1.82, 2.24) is 0 Å². The highest BCUT2D eigenvalue weighted by Gasteiger charge is 2.21. The molecule has 0 saturated carbocycles. The molecule has 2 rings (SSSR count). The molecule has 1 saturated heterocycles. The molecule has 3 heteroatoms. The Morgan fingerprint density at radius 1 is 1.24 bits per heavy atom. The molecule has 0 atom stereocenters. The third kappa shape index (κ3) is 3.13. The van der Waals surface area contributed by atoms with Gasteiger partial charge in [-0.3, -0.25) is 0 Å². The Balaban J connectivity index is 1.93. The quantitative estimate of drug-likeness (QED) is 0.817. The van der Waals surface area contributed by atoms with Crippen LogP contribution in [0.15, 0.2) is 24.3 Å². The molecule has 1 heterocycles. The van der Waals surface area contributed by atoms with Crippen LogP contribution in [0.1, 0.15) is 26.7 Å². The molecule has 1 aliphatic rings. The normalized spacial score (nSPS) is 17.7. The van der Waals surface area contributed by atoms with E-state index in [9.17, 15) is 0 Å². The van der Waals surface area contributed by atoms with Gasteiger partial charge in [-0.15, -0.1) is 0 Å². The summed E-state index contributed by atoms with van der Waals surface area (Å²) in [6.45, 7) is 6.26. The molecule has 0 spiro atoms. The van der Waals surface area contributed by atoms with Crippen molar-refractivity contribution in [3.63, 3.8) is 0 Å². The van der Waals surface area contributed by atoms with Gasteiger partial charge in [0.25, 0.3) is 0 Å². The highest BCUT2D eigenvalue weighted by Crippen LogP contribution is 2.26. The fourth-order valence-corrected chi connectivity index (χ4v) is 2.39. The zero-order valence-corrected chi connectivity index (χ0v) is 10.7. The number of piperidine rings is 1. The lowest BCUT2D eigenvalue weighted by Crippen LogP contribution is -2.38. The summed E-state index contributed by atoms with van der Waals surface area (Å²) in [5, 5.41) is 0. The van der Waals surface area contributed by atoms with Crippen molar-refractivity contribution in [2.24, 2.45) is 0 Å². The number of rotatable bonds is 3. The molecule has 0 radical (unpaired) electrons. The lowest BCUT2D eigenvalue weighted by Gasteiger charge is -2.34. The Morgan fingerprint density at radius 3 is 2.47 bits per heavy atom. The van der Waals surface area contributed by atoms with Gasteiger partial charge in [0.1, 0.15) is 0 Å². The van der Waals surface area contributed by atoms with Gasteiger partial charge in [-0.25, -0.2) is 0 Å². The highest BCUT2D eigenvalue weighted by atomic mass is 16.5. The minimum atomic E-state index is 0.327. The van der Waals surface area contributed by atoms with E-state index in [1.54, 1.807) is 0 Å². The summed E-state index contributed by atoms with van der Waals surface area (Å²) >= 11 is 0. The fraction of sp³-hybridized carbons (Fsp3) is 0.571. The highest BCUT2D eigenvalue weighted by molar-refractivity contribution is 5.67. The van der Waals surface area contributed by atoms with Crippen molar-refractivity contribution < 1.29 is 4.74 Å². The van der Waals surface area contributed by atoms with Gasteiger partial charge in [0, 0.05) is 13.1 Å². The van der Waals surface area contributed by atoms with Crippen molar-refractivity contribution >= 4 is 11.4 Å². The van der Waals surface area contributed by atoms with E-state index in [0.29, 0.717) is 12.2 Å². The predicted octanol–water partition coefficient (Wildman–Crippen LogP) is 2.66. The molecule has 2 N–H and O–H groups in total. The molecule has 94 valence electrons. The standard InChI is InChI=1S/C14H22N2O/c1-11(2)17-12-7-9-16(10-8-12)14-6-4-3-5-13(14)15/h3-6,11-12H,7-10,15H2,1-2H3. The van der Waals surface area contributed by atoms with Crippen molar-refractivity contribution in [2.75, 3.05) is 23.7 Å². The number of hydrogen-bond donors (Lipinski definition) is 1. The largest absolute Gasteiger partial charge is 0.397 e. The minimum Gasteiger partial charge on any atom is -0.397 e. The van der Waals surface area contributed by atoms with E-state index in [1.165, 1.54) is 0 Å². The number of nitrogens with two attached hydrogens (primary N) is 1. The molecular weight excluding hydrogens is 212 g/mol. The lowest BCUT2D eigenvalue weighted by atomic mass is 10.1. The van der Waals surface area contributed by atoms with Gasteiger partial charge in [0.05, 0.1) is 23.6 Å². The molecule has 0 amide bonds. The van der Waals surface area contributed by atoms with Crippen molar-refractivity contribution in [2.45, 2.75) is 38.9 Å². The zero-order valence-electron chi connectivity index (χ0n) is 10.7. The maximum Gasteiger partial charge on any atom is 0.0612 e. The molecule has 1 aromatic rings. The summed E-state index contributed by atoms with van der Waals surface area (Å²) in [6, 6.07) is 8.08. The van der Waals surface area contributed by atoms with E-state index >= 15 is 0 Å². The average molecular weight is 234 g/mol. The molecular formula is C14H22N2O. The molecule has 0 aromatic heterocycles. The lowest BCUT2D eigenvalue weighted by molar-refractivity contribution is -0.00477. The molecule has 0 aliphatic carbocycles. The van der Waals surface area contributed by atoms with Crippen LogP contribution < -0.4 is 10.6 Å². The van der Waals surface area contributed by atoms with Gasteiger partial charge >= 0.3 is 0 Å². The van der Waals surface area contributed by atoms with E-state index in [2.05, 4.69) is 24.8 Å². The van der Waals surface area contributed by atoms with Crippen molar-refractivity contribution in [3.8, 4) is 0 Å². The number of benzene rings is 1. The predicted molar refractivity (Wildman–Crippen MR) is 72.3 cm³/mol. The van der Waals surface area contributed by atoms with Crippen LogP contribution in [0.3, 0.4) is 0 Å². The number of anilines is 2. The van der Waals surface area contributed by atoms with E-state index in [-0.39, 0.29) is 0 Å². The third-order valence-electron chi connectivity index (χ3n) is 3.18. The number of ether oxygens (including phenoxy) is 1. The Labute approximate surface area is 104 Å². The summed E-state index contributed by atoms with van der Waals surface area (Å²) in [5.41, 5.74) is 8.03. The number of para-hydroxylation sites is 2. The number of nitrogen functional groups attached to an aromatic ring is 1. The second kappa shape index (κ2) is 5.41. The van der Waals surface area contributed by atoms with E-state index in [4.69, 9.17) is 10.5 Å². The van der Waals surface area contributed by atoms with Crippen molar-refractivity contribution in [1.29, 1.82) is 0 Å². The minimum absolute atomic E-state index is 0.327. The van der Waals surface area contributed by atoms with Gasteiger partial charge in [-0.1, -0.05) is 12.1 Å². The van der Waals surface area contributed by atoms with E-state index < -0.39 is 0 Å². The first-order chi connectivity index (χ1) is 8.16. The zero-order chi connectivity index (χ0) is 12.3. The Kier molecular flexibility index (Phi) is 3.89. The van der Waals surface area contributed by atoms with Gasteiger partial charge in [0.2, 0.25) is 0 Å². The van der Waals surface area contributed by atoms with E-state index in [0.717, 1.165) is 37.3 Å². The SMILES string of the molecule is CC(C)OC1CCN(c2ccccc2N)CC1. The van der Waals surface area contributed by atoms with Crippen LogP contribution in [0.2, 0.25) is 0 Å². The third-order valence-corrected chi connectivity index (χ3v) is 3.18. The topological polar surface area (TPSA) is 38.5 Å². The van der Waals surface area contributed by atoms with Crippen LogP contribution in [0.5, 0.6) is 0 Å². The summed E-state index contributed by atoms with van der Waals surface area (Å²) in [6.07, 6.45) is 2.92. The van der Waals surface area contributed by atoms with Crippen LogP contribution in [0.25, 0.3) is 0 Å². The van der Waals surface area contributed by atoms with Gasteiger partial charge in [-0.2, -0.15) is 0 Å². The smallest absolute Gasteiger partial charge is 0.0612 e. The molecule has 1 aliphatic heterocycles. The van der Waals surface area contributed by atoms with Crippen LogP contribution in [0.4, 0.5) is 11.4 Å².